The second-order valence-corrected chi connectivity index (χ2v) is 7.01. The summed E-state index contributed by atoms with van der Waals surface area (Å²) >= 11 is 0. The van der Waals surface area contributed by atoms with Crippen molar-refractivity contribution in [1.29, 1.82) is 0 Å². The van der Waals surface area contributed by atoms with Gasteiger partial charge in [0.05, 0.1) is 6.04 Å². The predicted molar refractivity (Wildman–Crippen MR) is 105 cm³/mol. The van der Waals surface area contributed by atoms with E-state index in [0.29, 0.717) is 6.54 Å². The summed E-state index contributed by atoms with van der Waals surface area (Å²) in [5.41, 5.74) is 5.78. The quantitative estimate of drug-likeness (QED) is 0.733. The first kappa shape index (κ1) is 16.7. The number of carbonyl (C=O) groups is 1. The first-order chi connectivity index (χ1) is 12.7. The van der Waals surface area contributed by atoms with Crippen molar-refractivity contribution >= 4 is 5.78 Å². The van der Waals surface area contributed by atoms with Gasteiger partial charge in [0.15, 0.2) is 5.78 Å². The molecule has 1 aliphatic rings. The monoisotopic (exact) mass is 341 g/mol. The summed E-state index contributed by atoms with van der Waals surface area (Å²) in [4.78, 5) is 13.0. The van der Waals surface area contributed by atoms with Gasteiger partial charge in [-0.15, -0.1) is 0 Å². The van der Waals surface area contributed by atoms with Gasteiger partial charge >= 0.3 is 0 Å². The van der Waals surface area contributed by atoms with Crippen LogP contribution in [0.15, 0.2) is 78.9 Å². The van der Waals surface area contributed by atoms with Crippen molar-refractivity contribution < 1.29 is 4.79 Å². The number of carbonyl (C=O) groups excluding carboxylic acids is 1. The van der Waals surface area contributed by atoms with Gasteiger partial charge in [-0.1, -0.05) is 78.9 Å². The Bertz CT molecular complexity index is 916. The fourth-order valence-electron chi connectivity index (χ4n) is 3.90. The van der Waals surface area contributed by atoms with Crippen molar-refractivity contribution in [2.45, 2.75) is 31.8 Å². The zero-order chi connectivity index (χ0) is 17.9. The SMILES string of the molecule is Cc1ccccc1CNC1CC(c2ccccc2)c2ccccc2C1=O. The fraction of sp³-hybridized carbons (Fsp3) is 0.208. The number of benzene rings is 3. The summed E-state index contributed by atoms with van der Waals surface area (Å²) in [7, 11) is 0. The lowest BCUT2D eigenvalue weighted by Crippen LogP contribution is -2.41. The number of nitrogens with one attached hydrogen (secondary N) is 1. The molecule has 2 heteroatoms. The van der Waals surface area contributed by atoms with Crippen LogP contribution in [0.5, 0.6) is 0 Å². The highest BCUT2D eigenvalue weighted by atomic mass is 16.1. The fourth-order valence-corrected chi connectivity index (χ4v) is 3.90. The molecule has 0 bridgehead atoms. The molecule has 3 aromatic carbocycles. The molecular weight excluding hydrogens is 318 g/mol. The minimum absolute atomic E-state index is 0.158. The van der Waals surface area contributed by atoms with E-state index in [-0.39, 0.29) is 17.7 Å². The number of ketones is 1. The average Bonchev–Trinajstić information content (AvgIpc) is 2.69. The highest BCUT2D eigenvalue weighted by molar-refractivity contribution is 6.03. The number of rotatable bonds is 4. The maximum atomic E-state index is 13.0. The van der Waals surface area contributed by atoms with Crippen LogP contribution in [0.3, 0.4) is 0 Å². The van der Waals surface area contributed by atoms with Gasteiger partial charge in [0, 0.05) is 18.0 Å². The molecule has 0 saturated heterocycles. The third kappa shape index (κ3) is 3.21. The van der Waals surface area contributed by atoms with Crippen molar-refractivity contribution in [1.82, 2.24) is 5.32 Å². The molecule has 0 amide bonds. The van der Waals surface area contributed by atoms with Crippen LogP contribution in [0.1, 0.15) is 45.0 Å². The Balaban J connectivity index is 1.63. The Morgan fingerprint density at radius 3 is 2.38 bits per heavy atom. The van der Waals surface area contributed by atoms with Crippen LogP contribution in [0.25, 0.3) is 0 Å². The van der Waals surface area contributed by atoms with E-state index in [1.54, 1.807) is 0 Å². The molecule has 26 heavy (non-hydrogen) atoms. The zero-order valence-corrected chi connectivity index (χ0v) is 15.0. The minimum Gasteiger partial charge on any atom is -0.303 e. The van der Waals surface area contributed by atoms with Gasteiger partial charge in [-0.25, -0.2) is 0 Å². The molecule has 130 valence electrons. The van der Waals surface area contributed by atoms with Gasteiger partial charge < -0.3 is 5.32 Å². The maximum Gasteiger partial charge on any atom is 0.180 e. The topological polar surface area (TPSA) is 29.1 Å². The molecule has 2 nitrogen and oxygen atoms in total. The molecule has 0 aliphatic heterocycles. The van der Waals surface area contributed by atoms with Gasteiger partial charge in [0.1, 0.15) is 0 Å². The first-order valence-corrected chi connectivity index (χ1v) is 9.20. The van der Waals surface area contributed by atoms with Crippen LogP contribution >= 0.6 is 0 Å². The molecule has 1 aliphatic carbocycles. The summed E-state index contributed by atoms with van der Waals surface area (Å²) < 4.78 is 0. The lowest BCUT2D eigenvalue weighted by atomic mass is 9.76. The molecular formula is C24H23NO. The third-order valence-corrected chi connectivity index (χ3v) is 5.39. The molecule has 4 rings (SSSR count). The Labute approximate surface area is 154 Å². The van der Waals surface area contributed by atoms with Crippen LogP contribution in [-0.2, 0) is 6.54 Å². The van der Waals surface area contributed by atoms with Crippen molar-refractivity contribution in [2.24, 2.45) is 0 Å². The molecule has 0 aromatic heterocycles. The van der Waals surface area contributed by atoms with E-state index in [4.69, 9.17) is 0 Å². The Kier molecular flexibility index (Phi) is 4.68. The van der Waals surface area contributed by atoms with E-state index >= 15 is 0 Å². The Morgan fingerprint density at radius 2 is 1.58 bits per heavy atom. The Hall–Kier alpha value is -2.71. The van der Waals surface area contributed by atoms with Gasteiger partial charge in [0.2, 0.25) is 0 Å². The second-order valence-electron chi connectivity index (χ2n) is 7.01. The highest BCUT2D eigenvalue weighted by Gasteiger charge is 2.33. The summed E-state index contributed by atoms with van der Waals surface area (Å²) in [5, 5.41) is 3.52. The van der Waals surface area contributed by atoms with Crippen LogP contribution in [-0.4, -0.2) is 11.8 Å². The van der Waals surface area contributed by atoms with Crippen molar-refractivity contribution in [3.05, 3.63) is 107 Å². The van der Waals surface area contributed by atoms with E-state index in [9.17, 15) is 4.79 Å². The predicted octanol–water partition coefficient (Wildman–Crippen LogP) is 4.87. The lowest BCUT2D eigenvalue weighted by Gasteiger charge is -2.31. The number of hydrogen-bond acceptors (Lipinski definition) is 2. The first-order valence-electron chi connectivity index (χ1n) is 9.20. The number of Topliss-reactive ketones (excluding diaryl/α,β-unsaturated/α-hetero) is 1. The van der Waals surface area contributed by atoms with E-state index in [1.807, 2.05) is 30.3 Å². The number of aryl methyl sites for hydroxylation is 1. The largest absolute Gasteiger partial charge is 0.303 e. The smallest absolute Gasteiger partial charge is 0.180 e. The van der Waals surface area contributed by atoms with Crippen LogP contribution < -0.4 is 5.32 Å². The zero-order valence-electron chi connectivity index (χ0n) is 15.0. The van der Waals surface area contributed by atoms with Crippen molar-refractivity contribution in [2.75, 3.05) is 0 Å². The normalized spacial score (nSPS) is 19.2. The summed E-state index contributed by atoms with van der Waals surface area (Å²) in [5.74, 6) is 0.459. The molecule has 1 N–H and O–H groups in total. The number of fused-ring (bicyclic) bond motifs is 1. The molecule has 2 atom stereocenters. The van der Waals surface area contributed by atoms with E-state index < -0.39 is 0 Å². The molecule has 0 heterocycles. The minimum atomic E-state index is -0.158. The average molecular weight is 341 g/mol. The van der Waals surface area contributed by atoms with Crippen molar-refractivity contribution in [3.63, 3.8) is 0 Å². The summed E-state index contributed by atoms with van der Waals surface area (Å²) in [6.07, 6.45) is 0.797. The molecule has 2 unspecified atom stereocenters. The molecule has 0 fully saturated rings. The second kappa shape index (κ2) is 7.27. The van der Waals surface area contributed by atoms with Crippen LogP contribution in [0, 0.1) is 6.92 Å². The lowest BCUT2D eigenvalue weighted by molar-refractivity contribution is 0.0922. The number of hydrogen-bond donors (Lipinski definition) is 1. The van der Waals surface area contributed by atoms with Crippen molar-refractivity contribution in [3.8, 4) is 0 Å². The third-order valence-electron chi connectivity index (χ3n) is 5.39. The van der Waals surface area contributed by atoms with Gasteiger partial charge in [-0.3, -0.25) is 4.79 Å². The molecule has 0 saturated carbocycles. The summed E-state index contributed by atoms with van der Waals surface area (Å²) in [6, 6.07) is 26.7. The van der Waals surface area contributed by atoms with Gasteiger partial charge in [0.25, 0.3) is 0 Å². The van der Waals surface area contributed by atoms with Crippen LogP contribution in [0.4, 0.5) is 0 Å². The van der Waals surface area contributed by atoms with Crippen LogP contribution in [0.2, 0.25) is 0 Å². The standard InChI is InChI=1S/C24H23NO/c1-17-9-5-6-12-19(17)16-25-23-15-22(18-10-3-2-4-11-18)20-13-7-8-14-21(20)24(23)26/h2-14,22-23,25H,15-16H2,1H3. The molecule has 0 spiro atoms. The van der Waals surface area contributed by atoms with E-state index in [1.165, 1.54) is 16.7 Å². The molecule has 3 aromatic rings. The maximum absolute atomic E-state index is 13.0. The highest BCUT2D eigenvalue weighted by Crippen LogP contribution is 2.36. The van der Waals surface area contributed by atoms with Gasteiger partial charge in [-0.2, -0.15) is 0 Å². The molecule has 0 radical (unpaired) electrons. The summed E-state index contributed by atoms with van der Waals surface area (Å²) in [6.45, 7) is 2.83. The Morgan fingerprint density at radius 1 is 0.885 bits per heavy atom. The van der Waals surface area contributed by atoms with E-state index in [2.05, 4.69) is 60.8 Å². The van der Waals surface area contributed by atoms with E-state index in [0.717, 1.165) is 17.5 Å². The van der Waals surface area contributed by atoms with Gasteiger partial charge in [-0.05, 0) is 35.6 Å².